The van der Waals surface area contributed by atoms with Crippen LogP contribution in [0.15, 0.2) is 36.5 Å². The van der Waals surface area contributed by atoms with E-state index in [1.54, 1.807) is 25.4 Å². The molecule has 0 saturated carbocycles. The lowest BCUT2D eigenvalue weighted by Gasteiger charge is -2.14. The SMILES string of the molecule is CNCC(C)C(=O)Nc1ccccc1-n1ccc(C(N)=O)n1.Cl. The lowest BCUT2D eigenvalue weighted by molar-refractivity contribution is -0.119. The second-order valence-electron chi connectivity index (χ2n) is 4.97. The number of aromatic nitrogens is 2. The third-order valence-corrected chi connectivity index (χ3v) is 3.21. The Balaban J connectivity index is 0.00000264. The van der Waals surface area contributed by atoms with Gasteiger partial charge in [0.1, 0.15) is 5.69 Å². The van der Waals surface area contributed by atoms with E-state index in [2.05, 4.69) is 15.7 Å². The molecular formula is C15H20ClN5O2. The lowest BCUT2D eigenvalue weighted by atomic mass is 10.1. The summed E-state index contributed by atoms with van der Waals surface area (Å²) in [5, 5.41) is 9.95. The van der Waals surface area contributed by atoms with E-state index in [4.69, 9.17) is 5.73 Å². The Morgan fingerprint density at radius 2 is 2.00 bits per heavy atom. The van der Waals surface area contributed by atoms with Crippen molar-refractivity contribution in [1.82, 2.24) is 15.1 Å². The molecule has 2 amide bonds. The van der Waals surface area contributed by atoms with Crippen molar-refractivity contribution in [2.24, 2.45) is 11.7 Å². The molecule has 1 heterocycles. The summed E-state index contributed by atoms with van der Waals surface area (Å²) < 4.78 is 1.51. The number of rotatable bonds is 6. The van der Waals surface area contributed by atoms with Gasteiger partial charge in [0.2, 0.25) is 5.91 Å². The van der Waals surface area contributed by atoms with E-state index < -0.39 is 5.91 Å². The van der Waals surface area contributed by atoms with Crippen molar-refractivity contribution >= 4 is 29.9 Å². The van der Waals surface area contributed by atoms with Gasteiger partial charge in [0.25, 0.3) is 5.91 Å². The van der Waals surface area contributed by atoms with E-state index in [0.717, 1.165) is 0 Å². The predicted molar refractivity (Wildman–Crippen MR) is 91.1 cm³/mol. The number of carbonyl (C=O) groups is 2. The van der Waals surface area contributed by atoms with Crippen LogP contribution in [0.2, 0.25) is 0 Å². The minimum atomic E-state index is -0.595. The summed E-state index contributed by atoms with van der Waals surface area (Å²) in [5.74, 6) is -0.858. The average molecular weight is 338 g/mol. The second-order valence-corrected chi connectivity index (χ2v) is 4.97. The van der Waals surface area contributed by atoms with Gasteiger partial charge in [-0.1, -0.05) is 19.1 Å². The smallest absolute Gasteiger partial charge is 0.269 e. The highest BCUT2D eigenvalue weighted by Gasteiger charge is 2.15. The monoisotopic (exact) mass is 337 g/mol. The molecule has 1 aromatic heterocycles. The highest BCUT2D eigenvalue weighted by atomic mass is 35.5. The Kier molecular flexibility index (Phi) is 6.74. The minimum absolute atomic E-state index is 0. The number of primary amides is 1. The molecule has 4 N–H and O–H groups in total. The fraction of sp³-hybridized carbons (Fsp3) is 0.267. The molecule has 2 rings (SSSR count). The first-order valence-electron chi connectivity index (χ1n) is 6.93. The molecule has 0 aliphatic heterocycles. The van der Waals surface area contributed by atoms with Gasteiger partial charge in [0.15, 0.2) is 0 Å². The number of amides is 2. The zero-order valence-electron chi connectivity index (χ0n) is 12.9. The van der Waals surface area contributed by atoms with E-state index in [1.807, 2.05) is 19.1 Å². The van der Waals surface area contributed by atoms with E-state index >= 15 is 0 Å². The Labute approximate surface area is 140 Å². The van der Waals surface area contributed by atoms with Crippen LogP contribution in [0.4, 0.5) is 5.69 Å². The van der Waals surface area contributed by atoms with Crippen LogP contribution in [0.3, 0.4) is 0 Å². The van der Waals surface area contributed by atoms with Crippen molar-refractivity contribution in [3.63, 3.8) is 0 Å². The van der Waals surface area contributed by atoms with Crippen LogP contribution < -0.4 is 16.4 Å². The number of hydrogen-bond acceptors (Lipinski definition) is 4. The van der Waals surface area contributed by atoms with Crippen LogP contribution in [0.1, 0.15) is 17.4 Å². The van der Waals surface area contributed by atoms with Crippen LogP contribution in [0, 0.1) is 5.92 Å². The largest absolute Gasteiger partial charge is 0.364 e. The maximum Gasteiger partial charge on any atom is 0.269 e. The number of anilines is 1. The zero-order valence-corrected chi connectivity index (χ0v) is 13.8. The van der Waals surface area contributed by atoms with Crippen LogP contribution in [-0.2, 0) is 4.79 Å². The molecule has 0 fully saturated rings. The second kappa shape index (κ2) is 8.30. The summed E-state index contributed by atoms with van der Waals surface area (Å²) in [4.78, 5) is 23.3. The molecule has 124 valence electrons. The predicted octanol–water partition coefficient (Wildman–Crippen LogP) is 1.19. The Morgan fingerprint density at radius 3 is 2.61 bits per heavy atom. The summed E-state index contributed by atoms with van der Waals surface area (Å²) >= 11 is 0. The summed E-state index contributed by atoms with van der Waals surface area (Å²) in [7, 11) is 1.80. The van der Waals surface area contributed by atoms with Gasteiger partial charge < -0.3 is 16.4 Å². The summed E-state index contributed by atoms with van der Waals surface area (Å²) in [6.45, 7) is 2.43. The fourth-order valence-electron chi connectivity index (χ4n) is 2.02. The van der Waals surface area contributed by atoms with Gasteiger partial charge in [-0.15, -0.1) is 12.4 Å². The van der Waals surface area contributed by atoms with Crippen molar-refractivity contribution in [2.45, 2.75) is 6.92 Å². The van der Waals surface area contributed by atoms with Gasteiger partial charge in [-0.25, -0.2) is 4.68 Å². The topological polar surface area (TPSA) is 102 Å². The molecule has 1 unspecified atom stereocenters. The number of nitrogens with one attached hydrogen (secondary N) is 2. The molecular weight excluding hydrogens is 318 g/mol. The molecule has 0 radical (unpaired) electrons. The highest BCUT2D eigenvalue weighted by molar-refractivity contribution is 5.94. The van der Waals surface area contributed by atoms with Crippen molar-refractivity contribution in [2.75, 3.05) is 18.9 Å². The molecule has 2 aromatic rings. The van der Waals surface area contributed by atoms with E-state index in [-0.39, 0.29) is 29.9 Å². The first-order chi connectivity index (χ1) is 10.5. The number of halogens is 1. The van der Waals surface area contributed by atoms with E-state index in [9.17, 15) is 9.59 Å². The molecule has 1 aromatic carbocycles. The van der Waals surface area contributed by atoms with Gasteiger partial charge in [-0.2, -0.15) is 5.10 Å². The van der Waals surface area contributed by atoms with Crippen LogP contribution in [0.25, 0.3) is 5.69 Å². The van der Waals surface area contributed by atoms with Crippen LogP contribution in [-0.4, -0.2) is 35.2 Å². The Hall–Kier alpha value is -2.38. The Bertz CT molecular complexity index is 686. The lowest BCUT2D eigenvalue weighted by Crippen LogP contribution is -2.29. The number of benzene rings is 1. The van der Waals surface area contributed by atoms with E-state index in [0.29, 0.717) is 17.9 Å². The van der Waals surface area contributed by atoms with Gasteiger partial charge in [0.05, 0.1) is 11.4 Å². The first-order valence-corrected chi connectivity index (χ1v) is 6.93. The Morgan fingerprint density at radius 1 is 1.30 bits per heavy atom. The number of nitrogens with zero attached hydrogens (tertiary/aromatic N) is 2. The number of hydrogen-bond donors (Lipinski definition) is 3. The average Bonchev–Trinajstić information content (AvgIpc) is 2.98. The maximum atomic E-state index is 12.1. The normalized spacial score (nSPS) is 11.4. The van der Waals surface area contributed by atoms with Gasteiger partial charge in [-0.3, -0.25) is 9.59 Å². The highest BCUT2D eigenvalue weighted by Crippen LogP contribution is 2.20. The number of carbonyl (C=O) groups excluding carboxylic acids is 2. The molecule has 0 bridgehead atoms. The molecule has 0 spiro atoms. The molecule has 8 heteroatoms. The van der Waals surface area contributed by atoms with Crippen molar-refractivity contribution in [3.05, 3.63) is 42.2 Å². The van der Waals surface area contributed by atoms with Gasteiger partial charge in [-0.05, 0) is 25.2 Å². The number of nitrogens with two attached hydrogens (primary N) is 1. The molecule has 0 aliphatic rings. The maximum absolute atomic E-state index is 12.1. The van der Waals surface area contributed by atoms with Gasteiger partial charge >= 0.3 is 0 Å². The van der Waals surface area contributed by atoms with Gasteiger partial charge in [0, 0.05) is 18.7 Å². The van der Waals surface area contributed by atoms with Crippen LogP contribution >= 0.6 is 12.4 Å². The standard InChI is InChI=1S/C15H19N5O2.ClH/c1-10(9-17-2)15(22)18-11-5-3-4-6-13(11)20-8-7-12(19-20)14(16)21;/h3-8,10,17H,9H2,1-2H3,(H2,16,21)(H,18,22);1H. The van der Waals surface area contributed by atoms with Crippen molar-refractivity contribution in [3.8, 4) is 5.69 Å². The summed E-state index contributed by atoms with van der Waals surface area (Å²) in [6, 6.07) is 8.76. The molecule has 1 atom stereocenters. The van der Waals surface area contributed by atoms with Crippen molar-refractivity contribution < 1.29 is 9.59 Å². The molecule has 0 aliphatic carbocycles. The molecule has 0 saturated heterocycles. The third kappa shape index (κ3) is 4.54. The third-order valence-electron chi connectivity index (χ3n) is 3.21. The molecule has 23 heavy (non-hydrogen) atoms. The zero-order chi connectivity index (χ0) is 16.1. The summed E-state index contributed by atoms with van der Waals surface area (Å²) in [5.41, 5.74) is 6.66. The number of para-hydroxylation sites is 2. The molecule has 7 nitrogen and oxygen atoms in total. The quantitative estimate of drug-likeness (QED) is 0.736. The summed E-state index contributed by atoms with van der Waals surface area (Å²) in [6.07, 6.45) is 1.63. The van der Waals surface area contributed by atoms with E-state index in [1.165, 1.54) is 10.7 Å². The minimum Gasteiger partial charge on any atom is -0.364 e. The fourth-order valence-corrected chi connectivity index (χ4v) is 2.02. The van der Waals surface area contributed by atoms with Crippen LogP contribution in [0.5, 0.6) is 0 Å². The van der Waals surface area contributed by atoms with Crippen molar-refractivity contribution in [1.29, 1.82) is 0 Å². The first kappa shape index (κ1) is 18.7.